The van der Waals surface area contributed by atoms with E-state index in [2.05, 4.69) is 17.8 Å². The van der Waals surface area contributed by atoms with Crippen LogP contribution in [0.15, 0.2) is 120 Å². The molecule has 0 atom stereocenters. The fourth-order valence-electron chi connectivity index (χ4n) is 5.91. The number of hydrazine groups is 1. The SMILES string of the molecule is CCCCCCCCN(CCCC)S(=O)(=O)CS(=O)(=O)c1ccccc1NNC(c1ccccc1)(c1ccccc1)c1ccccc1. The summed E-state index contributed by atoms with van der Waals surface area (Å²) in [6.07, 6.45) is 7.64. The molecule has 0 aliphatic carbocycles. The van der Waals surface area contributed by atoms with Crippen LogP contribution in [-0.4, -0.2) is 39.3 Å². The number of nitrogens with zero attached hydrogens (tertiary/aromatic N) is 1. The average Bonchev–Trinajstić information content (AvgIpc) is 3.09. The number of rotatable bonds is 20. The molecular weight excluding hydrogens is 627 g/mol. The third-order valence-corrected chi connectivity index (χ3v) is 13.1. The molecule has 0 unspecified atom stereocenters. The molecule has 4 aromatic carbocycles. The Kier molecular flexibility index (Phi) is 13.6. The fourth-order valence-corrected chi connectivity index (χ4v) is 10.1. The van der Waals surface area contributed by atoms with Crippen LogP contribution in [-0.2, 0) is 25.4 Å². The third kappa shape index (κ3) is 9.54. The molecule has 0 aromatic heterocycles. The molecule has 0 aliphatic rings. The van der Waals surface area contributed by atoms with Crippen molar-refractivity contribution in [1.29, 1.82) is 0 Å². The Hall–Kier alpha value is -3.50. The second kappa shape index (κ2) is 17.6. The van der Waals surface area contributed by atoms with Crippen LogP contribution in [0.1, 0.15) is 81.9 Å². The predicted octanol–water partition coefficient (Wildman–Crippen LogP) is 8.12. The van der Waals surface area contributed by atoms with Crippen LogP contribution in [0.2, 0.25) is 0 Å². The maximum Gasteiger partial charge on any atom is 0.228 e. The maximum atomic E-state index is 14.0. The average molecular weight is 676 g/mol. The number of unbranched alkanes of at least 4 members (excludes halogenated alkanes) is 6. The zero-order valence-electron chi connectivity index (χ0n) is 27.6. The Balaban J connectivity index is 1.65. The van der Waals surface area contributed by atoms with Crippen LogP contribution in [0.3, 0.4) is 0 Å². The van der Waals surface area contributed by atoms with Crippen molar-refractivity contribution in [3.63, 3.8) is 0 Å². The zero-order chi connectivity index (χ0) is 33.6. The highest BCUT2D eigenvalue weighted by Crippen LogP contribution is 2.37. The molecule has 9 heteroatoms. The highest BCUT2D eigenvalue weighted by molar-refractivity contribution is 8.07. The number of nitrogens with one attached hydrogen (secondary N) is 2. The first kappa shape index (κ1) is 36.3. The van der Waals surface area contributed by atoms with Gasteiger partial charge in [0, 0.05) is 13.1 Å². The van der Waals surface area contributed by atoms with E-state index in [1.807, 2.05) is 97.9 Å². The van der Waals surface area contributed by atoms with Crippen molar-refractivity contribution in [1.82, 2.24) is 9.73 Å². The topological polar surface area (TPSA) is 95.6 Å². The van der Waals surface area contributed by atoms with E-state index >= 15 is 0 Å². The van der Waals surface area contributed by atoms with Crippen LogP contribution in [0.25, 0.3) is 0 Å². The minimum Gasteiger partial charge on any atom is -0.319 e. The van der Waals surface area contributed by atoms with Gasteiger partial charge in [0.25, 0.3) is 0 Å². The summed E-state index contributed by atoms with van der Waals surface area (Å²) in [5.74, 6) is 0. The predicted molar refractivity (Wildman–Crippen MR) is 193 cm³/mol. The summed E-state index contributed by atoms with van der Waals surface area (Å²) in [7, 11) is -8.34. The summed E-state index contributed by atoms with van der Waals surface area (Å²) in [5, 5.41) is -0.987. The lowest BCUT2D eigenvalue weighted by molar-refractivity contribution is 0.391. The zero-order valence-corrected chi connectivity index (χ0v) is 29.3. The minimum absolute atomic E-state index is 0.0748. The quantitative estimate of drug-likeness (QED) is 0.0558. The molecule has 252 valence electrons. The van der Waals surface area contributed by atoms with Gasteiger partial charge in [-0.1, -0.05) is 156 Å². The summed E-state index contributed by atoms with van der Waals surface area (Å²) in [5.41, 5.74) is 8.90. The van der Waals surface area contributed by atoms with Gasteiger partial charge in [-0.2, -0.15) is 0 Å². The summed E-state index contributed by atoms with van der Waals surface area (Å²) in [6, 6.07) is 36.3. The largest absolute Gasteiger partial charge is 0.319 e. The molecule has 0 radical (unpaired) electrons. The molecule has 0 saturated carbocycles. The summed E-state index contributed by atoms with van der Waals surface area (Å²) < 4.78 is 56.7. The van der Waals surface area contributed by atoms with Gasteiger partial charge in [-0.05, 0) is 41.7 Å². The van der Waals surface area contributed by atoms with E-state index in [9.17, 15) is 16.8 Å². The first-order chi connectivity index (χ1) is 22.7. The van der Waals surface area contributed by atoms with E-state index < -0.39 is 30.5 Å². The van der Waals surface area contributed by atoms with Gasteiger partial charge in [0.1, 0.15) is 5.54 Å². The van der Waals surface area contributed by atoms with E-state index in [1.54, 1.807) is 18.2 Å². The second-order valence-electron chi connectivity index (χ2n) is 12.0. The number of anilines is 1. The van der Waals surface area contributed by atoms with Crippen molar-refractivity contribution in [2.24, 2.45) is 0 Å². The van der Waals surface area contributed by atoms with Gasteiger partial charge in [-0.15, -0.1) is 0 Å². The molecule has 0 heterocycles. The highest BCUT2D eigenvalue weighted by Gasteiger charge is 2.37. The van der Waals surface area contributed by atoms with E-state index in [0.29, 0.717) is 19.5 Å². The molecular formula is C38H49N3O4S2. The van der Waals surface area contributed by atoms with Crippen molar-refractivity contribution in [2.45, 2.75) is 75.6 Å². The Morgan fingerprint density at radius 3 is 1.53 bits per heavy atom. The normalized spacial score (nSPS) is 12.3. The molecule has 0 fully saturated rings. The molecule has 2 N–H and O–H groups in total. The lowest BCUT2D eigenvalue weighted by atomic mass is 9.77. The van der Waals surface area contributed by atoms with Crippen molar-refractivity contribution in [3.8, 4) is 0 Å². The van der Waals surface area contributed by atoms with Crippen LogP contribution in [0.5, 0.6) is 0 Å². The van der Waals surface area contributed by atoms with Crippen molar-refractivity contribution >= 4 is 25.5 Å². The number of benzene rings is 4. The van der Waals surface area contributed by atoms with Crippen molar-refractivity contribution in [3.05, 3.63) is 132 Å². The van der Waals surface area contributed by atoms with Gasteiger partial charge < -0.3 is 5.43 Å². The van der Waals surface area contributed by atoms with E-state index in [1.165, 1.54) is 16.8 Å². The Bertz CT molecular complexity index is 1620. The highest BCUT2D eigenvalue weighted by atomic mass is 32.3. The summed E-state index contributed by atoms with van der Waals surface area (Å²) in [6.45, 7) is 4.81. The number of sulfonamides is 1. The van der Waals surface area contributed by atoms with Crippen LogP contribution in [0, 0.1) is 0 Å². The fraction of sp³-hybridized carbons (Fsp3) is 0.368. The van der Waals surface area contributed by atoms with Crippen molar-refractivity contribution in [2.75, 3.05) is 23.6 Å². The number of hydrogen-bond acceptors (Lipinski definition) is 6. The first-order valence-electron chi connectivity index (χ1n) is 16.7. The van der Waals surface area contributed by atoms with Crippen LogP contribution >= 0.6 is 0 Å². The summed E-state index contributed by atoms with van der Waals surface area (Å²) in [4.78, 5) is -0.0748. The third-order valence-electron chi connectivity index (χ3n) is 8.45. The molecule has 0 saturated heterocycles. The molecule has 4 aromatic rings. The molecule has 7 nitrogen and oxygen atoms in total. The number of para-hydroxylation sites is 1. The molecule has 47 heavy (non-hydrogen) atoms. The Morgan fingerprint density at radius 2 is 1.00 bits per heavy atom. The van der Waals surface area contributed by atoms with Gasteiger partial charge in [-0.3, -0.25) is 0 Å². The van der Waals surface area contributed by atoms with Crippen LogP contribution in [0.4, 0.5) is 5.69 Å². The van der Waals surface area contributed by atoms with E-state index in [0.717, 1.165) is 55.2 Å². The van der Waals surface area contributed by atoms with Crippen LogP contribution < -0.4 is 10.9 Å². The van der Waals surface area contributed by atoms with E-state index in [4.69, 9.17) is 0 Å². The Labute approximate surface area is 282 Å². The first-order valence-corrected chi connectivity index (χ1v) is 20.0. The van der Waals surface area contributed by atoms with Gasteiger partial charge in [0.05, 0.1) is 10.6 Å². The second-order valence-corrected chi connectivity index (χ2v) is 16.3. The maximum absolute atomic E-state index is 14.0. The smallest absolute Gasteiger partial charge is 0.228 e. The molecule has 0 spiro atoms. The number of sulfone groups is 1. The standard InChI is InChI=1S/C38H49N3O4S2/c1-3-5-7-8-9-21-31-41(30-6-4-2)47(44,45)32-46(42,43)37-29-20-19-28-36(37)39-40-38(33-22-13-10-14-23-33,34-24-15-11-16-25-34)35-26-17-12-18-27-35/h10-20,22-29,39-40H,3-9,21,30-32H2,1-2H3. The van der Waals surface area contributed by atoms with Gasteiger partial charge in [0.15, 0.2) is 14.9 Å². The number of hydrogen-bond donors (Lipinski definition) is 2. The Morgan fingerprint density at radius 1 is 0.553 bits per heavy atom. The molecule has 0 amide bonds. The minimum atomic E-state index is -4.25. The summed E-state index contributed by atoms with van der Waals surface area (Å²) >= 11 is 0. The molecule has 0 bridgehead atoms. The lowest BCUT2D eigenvalue weighted by Crippen LogP contribution is -2.47. The monoisotopic (exact) mass is 675 g/mol. The van der Waals surface area contributed by atoms with Crippen molar-refractivity contribution < 1.29 is 16.8 Å². The van der Waals surface area contributed by atoms with Gasteiger partial charge in [0.2, 0.25) is 10.0 Å². The molecule has 0 aliphatic heterocycles. The van der Waals surface area contributed by atoms with Gasteiger partial charge in [-0.25, -0.2) is 26.6 Å². The van der Waals surface area contributed by atoms with Gasteiger partial charge >= 0.3 is 0 Å². The van der Waals surface area contributed by atoms with E-state index in [-0.39, 0.29) is 10.6 Å². The molecule has 4 rings (SSSR count). The lowest BCUT2D eigenvalue weighted by Gasteiger charge is -2.37.